The Morgan fingerprint density at radius 3 is 2.70 bits per heavy atom. The number of methoxy groups -OCH3 is 1. The van der Waals surface area contributed by atoms with E-state index in [0.29, 0.717) is 13.1 Å². The Bertz CT molecular complexity index is 434. The molecule has 0 spiro atoms. The zero-order chi connectivity index (χ0) is 13.8. The summed E-state index contributed by atoms with van der Waals surface area (Å²) in [6.07, 6.45) is 2.07. The third-order valence-corrected chi connectivity index (χ3v) is 3.76. The Labute approximate surface area is 124 Å². The van der Waals surface area contributed by atoms with Crippen molar-refractivity contribution in [1.82, 2.24) is 4.90 Å². The third kappa shape index (κ3) is 4.12. The molecule has 0 aliphatic carbocycles. The topological polar surface area (TPSA) is 38.5 Å². The van der Waals surface area contributed by atoms with Crippen LogP contribution in [0.3, 0.4) is 0 Å². The van der Waals surface area contributed by atoms with E-state index >= 15 is 0 Å². The first-order valence-electron chi connectivity index (χ1n) is 6.55. The first-order valence-corrected chi connectivity index (χ1v) is 6.55. The smallest absolute Gasteiger partial charge is 0.159 e. The summed E-state index contributed by atoms with van der Waals surface area (Å²) < 4.78 is 31.4. The molecule has 6 heteroatoms. The van der Waals surface area contributed by atoms with Gasteiger partial charge in [0, 0.05) is 32.8 Å². The normalized spacial score (nSPS) is 23.4. The standard InChI is InChI=1S/C14H20F2N2O.ClH/c1-19-12-4-5-18(11(7-12)8-17)9-10-2-3-13(15)14(16)6-10;/h2-3,6,11-12H,4-5,7-9,17H2,1H3;1H. The molecule has 1 fully saturated rings. The molecule has 0 amide bonds. The van der Waals surface area contributed by atoms with Crippen LogP contribution in [0.5, 0.6) is 0 Å². The van der Waals surface area contributed by atoms with Crippen LogP contribution in [0, 0.1) is 11.6 Å². The molecule has 114 valence electrons. The highest BCUT2D eigenvalue weighted by Gasteiger charge is 2.27. The average Bonchev–Trinajstić information content (AvgIpc) is 2.43. The molecule has 1 aromatic carbocycles. The van der Waals surface area contributed by atoms with E-state index in [1.54, 1.807) is 13.2 Å². The predicted molar refractivity (Wildman–Crippen MR) is 76.9 cm³/mol. The van der Waals surface area contributed by atoms with Gasteiger partial charge in [-0.05, 0) is 30.5 Å². The van der Waals surface area contributed by atoms with Gasteiger partial charge in [0.1, 0.15) is 0 Å². The Hall–Kier alpha value is -0.750. The first-order chi connectivity index (χ1) is 9.13. The summed E-state index contributed by atoms with van der Waals surface area (Å²) in [6.45, 7) is 2.00. The Balaban J connectivity index is 0.00000200. The fraction of sp³-hybridized carbons (Fsp3) is 0.571. The zero-order valence-corrected chi connectivity index (χ0v) is 12.3. The van der Waals surface area contributed by atoms with Crippen molar-refractivity contribution in [1.29, 1.82) is 0 Å². The maximum Gasteiger partial charge on any atom is 0.159 e. The molecule has 1 aliphatic heterocycles. The summed E-state index contributed by atoms with van der Waals surface area (Å²) in [4.78, 5) is 2.21. The SMILES string of the molecule is COC1CCN(Cc2ccc(F)c(F)c2)C(CN)C1.Cl. The van der Waals surface area contributed by atoms with E-state index in [1.807, 2.05) is 0 Å². The number of nitrogens with two attached hydrogens (primary N) is 1. The van der Waals surface area contributed by atoms with Gasteiger partial charge >= 0.3 is 0 Å². The number of rotatable bonds is 4. The second-order valence-corrected chi connectivity index (χ2v) is 4.99. The van der Waals surface area contributed by atoms with Crippen molar-refractivity contribution in [3.63, 3.8) is 0 Å². The molecule has 2 rings (SSSR count). The summed E-state index contributed by atoms with van der Waals surface area (Å²) in [5.41, 5.74) is 6.56. The molecular formula is C14H21ClF2N2O. The van der Waals surface area contributed by atoms with E-state index in [0.717, 1.165) is 24.9 Å². The van der Waals surface area contributed by atoms with Crippen LogP contribution in [0.15, 0.2) is 18.2 Å². The van der Waals surface area contributed by atoms with E-state index in [9.17, 15) is 8.78 Å². The second kappa shape index (κ2) is 7.88. The van der Waals surface area contributed by atoms with Crippen LogP contribution >= 0.6 is 12.4 Å². The van der Waals surface area contributed by atoms with Crippen LogP contribution in [0.1, 0.15) is 18.4 Å². The van der Waals surface area contributed by atoms with E-state index in [4.69, 9.17) is 10.5 Å². The molecular weight excluding hydrogens is 286 g/mol. The number of benzene rings is 1. The van der Waals surface area contributed by atoms with Gasteiger partial charge in [-0.3, -0.25) is 4.90 Å². The number of hydrogen-bond acceptors (Lipinski definition) is 3. The minimum atomic E-state index is -0.808. The minimum Gasteiger partial charge on any atom is -0.381 e. The minimum absolute atomic E-state index is 0. The fourth-order valence-corrected chi connectivity index (χ4v) is 2.60. The van der Waals surface area contributed by atoms with Crippen molar-refractivity contribution in [3.05, 3.63) is 35.4 Å². The average molecular weight is 307 g/mol. The molecule has 2 unspecified atom stereocenters. The van der Waals surface area contributed by atoms with Gasteiger partial charge in [-0.15, -0.1) is 12.4 Å². The summed E-state index contributed by atoms with van der Waals surface area (Å²) in [5.74, 6) is -1.61. The number of likely N-dealkylation sites (tertiary alicyclic amines) is 1. The molecule has 2 atom stereocenters. The molecule has 0 radical (unpaired) electrons. The second-order valence-electron chi connectivity index (χ2n) is 4.99. The Kier molecular flexibility index (Phi) is 6.82. The molecule has 2 N–H and O–H groups in total. The van der Waals surface area contributed by atoms with Crippen molar-refractivity contribution in [2.75, 3.05) is 20.2 Å². The maximum absolute atomic E-state index is 13.2. The van der Waals surface area contributed by atoms with E-state index in [-0.39, 0.29) is 24.6 Å². The predicted octanol–water partition coefficient (Wildman–Crippen LogP) is 2.32. The highest BCUT2D eigenvalue weighted by atomic mass is 35.5. The van der Waals surface area contributed by atoms with Gasteiger partial charge in [0.15, 0.2) is 11.6 Å². The van der Waals surface area contributed by atoms with E-state index in [2.05, 4.69) is 4.90 Å². The van der Waals surface area contributed by atoms with Crippen LogP contribution in [-0.4, -0.2) is 37.2 Å². The monoisotopic (exact) mass is 306 g/mol. The molecule has 20 heavy (non-hydrogen) atoms. The molecule has 1 aromatic rings. The number of halogens is 3. The molecule has 1 aliphatic rings. The highest BCUT2D eigenvalue weighted by molar-refractivity contribution is 5.85. The lowest BCUT2D eigenvalue weighted by molar-refractivity contribution is 0.0102. The van der Waals surface area contributed by atoms with Gasteiger partial charge < -0.3 is 10.5 Å². The van der Waals surface area contributed by atoms with Gasteiger partial charge in [-0.25, -0.2) is 8.78 Å². The van der Waals surface area contributed by atoms with Crippen molar-refractivity contribution < 1.29 is 13.5 Å². The molecule has 0 aromatic heterocycles. The van der Waals surface area contributed by atoms with Crippen LogP contribution in [-0.2, 0) is 11.3 Å². The lowest BCUT2D eigenvalue weighted by Gasteiger charge is -2.38. The fourth-order valence-electron chi connectivity index (χ4n) is 2.60. The molecule has 0 bridgehead atoms. The molecule has 3 nitrogen and oxygen atoms in total. The van der Waals surface area contributed by atoms with Crippen molar-refractivity contribution >= 4 is 12.4 Å². The van der Waals surface area contributed by atoms with Crippen LogP contribution in [0.2, 0.25) is 0 Å². The summed E-state index contributed by atoms with van der Waals surface area (Å²) in [6, 6.07) is 4.27. The van der Waals surface area contributed by atoms with Gasteiger partial charge in [-0.1, -0.05) is 6.07 Å². The van der Waals surface area contributed by atoms with Gasteiger partial charge in [0.25, 0.3) is 0 Å². The number of ether oxygens (including phenoxy) is 1. The van der Waals surface area contributed by atoms with Crippen LogP contribution in [0.4, 0.5) is 8.78 Å². The Morgan fingerprint density at radius 1 is 1.35 bits per heavy atom. The van der Waals surface area contributed by atoms with Gasteiger partial charge in [0.05, 0.1) is 6.10 Å². The van der Waals surface area contributed by atoms with Gasteiger partial charge in [-0.2, -0.15) is 0 Å². The highest BCUT2D eigenvalue weighted by Crippen LogP contribution is 2.21. The van der Waals surface area contributed by atoms with Crippen LogP contribution in [0.25, 0.3) is 0 Å². The largest absolute Gasteiger partial charge is 0.381 e. The molecule has 1 heterocycles. The van der Waals surface area contributed by atoms with Crippen molar-refractivity contribution in [2.24, 2.45) is 5.73 Å². The maximum atomic E-state index is 13.2. The lowest BCUT2D eigenvalue weighted by atomic mass is 9.98. The van der Waals surface area contributed by atoms with Crippen molar-refractivity contribution in [3.8, 4) is 0 Å². The molecule has 1 saturated heterocycles. The third-order valence-electron chi connectivity index (χ3n) is 3.76. The van der Waals surface area contributed by atoms with Gasteiger partial charge in [0.2, 0.25) is 0 Å². The first kappa shape index (κ1) is 17.3. The van der Waals surface area contributed by atoms with Crippen molar-refractivity contribution in [2.45, 2.75) is 31.5 Å². The zero-order valence-electron chi connectivity index (χ0n) is 11.5. The lowest BCUT2D eigenvalue weighted by Crippen LogP contribution is -2.47. The van der Waals surface area contributed by atoms with E-state index in [1.165, 1.54) is 12.1 Å². The Morgan fingerprint density at radius 2 is 2.10 bits per heavy atom. The number of piperidine rings is 1. The summed E-state index contributed by atoms with van der Waals surface area (Å²) in [7, 11) is 1.71. The quantitative estimate of drug-likeness (QED) is 0.928. The summed E-state index contributed by atoms with van der Waals surface area (Å²) in [5, 5.41) is 0. The summed E-state index contributed by atoms with van der Waals surface area (Å²) >= 11 is 0. The molecule has 0 saturated carbocycles. The number of hydrogen-bond donors (Lipinski definition) is 1. The number of nitrogens with zero attached hydrogens (tertiary/aromatic N) is 1. The van der Waals surface area contributed by atoms with E-state index < -0.39 is 11.6 Å². The van der Waals surface area contributed by atoms with Crippen LogP contribution < -0.4 is 5.73 Å².